The molecule has 21 heavy (non-hydrogen) atoms. The molecule has 4 nitrogen and oxygen atoms in total. The van der Waals surface area contributed by atoms with Gasteiger partial charge in [-0.05, 0) is 50.9 Å². The second kappa shape index (κ2) is 6.03. The van der Waals surface area contributed by atoms with Crippen LogP contribution in [-0.4, -0.2) is 26.8 Å². The summed E-state index contributed by atoms with van der Waals surface area (Å²) in [7, 11) is 1.96. The molecule has 2 bridgehead atoms. The summed E-state index contributed by atoms with van der Waals surface area (Å²) in [6.45, 7) is 4.14. The van der Waals surface area contributed by atoms with Gasteiger partial charge in [-0.3, -0.25) is 4.79 Å². The van der Waals surface area contributed by atoms with Gasteiger partial charge in [-0.1, -0.05) is 18.2 Å². The number of fused-ring (bicyclic) bond motifs is 2. The molecule has 2 fully saturated rings. The number of hydrogen-bond acceptors (Lipinski definition) is 3. The quantitative estimate of drug-likeness (QED) is 0.851. The molecule has 1 aromatic rings. The van der Waals surface area contributed by atoms with Gasteiger partial charge in [-0.15, -0.1) is 0 Å². The van der Waals surface area contributed by atoms with E-state index in [9.17, 15) is 4.79 Å². The second-order valence-electron chi connectivity index (χ2n) is 6.72. The maximum Gasteiger partial charge on any atom is 0.233 e. The smallest absolute Gasteiger partial charge is 0.233 e. The Morgan fingerprint density at radius 2 is 2.24 bits per heavy atom. The molecule has 0 spiro atoms. The number of aryl methyl sites for hydroxylation is 1. The highest BCUT2D eigenvalue weighted by molar-refractivity contribution is 8.00. The third-order valence-electron chi connectivity index (χ3n) is 5.23. The van der Waals surface area contributed by atoms with Crippen LogP contribution in [0.2, 0.25) is 0 Å². The van der Waals surface area contributed by atoms with E-state index in [0.29, 0.717) is 12.0 Å². The van der Waals surface area contributed by atoms with Crippen molar-refractivity contribution in [2.24, 2.45) is 24.8 Å². The summed E-state index contributed by atoms with van der Waals surface area (Å²) in [6, 6.07) is 0.303. The monoisotopic (exact) mass is 307 g/mol. The molecule has 5 atom stereocenters. The summed E-state index contributed by atoms with van der Waals surface area (Å²) in [4.78, 5) is 16.7. The lowest BCUT2D eigenvalue weighted by Crippen LogP contribution is -2.43. The Balaban J connectivity index is 1.52. The van der Waals surface area contributed by atoms with Crippen LogP contribution in [0.3, 0.4) is 0 Å². The first kappa shape index (κ1) is 14.9. The summed E-state index contributed by atoms with van der Waals surface area (Å²) in [5, 5.41) is 4.03. The van der Waals surface area contributed by atoms with Gasteiger partial charge in [0.25, 0.3) is 0 Å². The molecule has 5 heteroatoms. The fourth-order valence-corrected chi connectivity index (χ4v) is 4.87. The predicted molar refractivity (Wildman–Crippen MR) is 85.1 cm³/mol. The van der Waals surface area contributed by atoms with Crippen LogP contribution in [0.25, 0.3) is 0 Å². The van der Waals surface area contributed by atoms with Crippen LogP contribution < -0.4 is 5.32 Å². The van der Waals surface area contributed by atoms with E-state index in [1.165, 1.54) is 37.4 Å². The van der Waals surface area contributed by atoms with Crippen LogP contribution in [0.15, 0.2) is 17.6 Å². The number of carbonyl (C=O) groups excluding carboxylic acids is 1. The third-order valence-corrected chi connectivity index (χ3v) is 6.41. The normalized spacial score (nSPS) is 30.3. The average molecular weight is 307 g/mol. The molecule has 1 amide bonds. The predicted octanol–water partition coefficient (Wildman–Crippen LogP) is 2.84. The van der Waals surface area contributed by atoms with E-state index in [0.717, 1.165) is 17.0 Å². The third kappa shape index (κ3) is 3.12. The standard InChI is InChI=1S/C16H25N3OS/c1-10(14-9-12-4-5-13(14)8-12)18-15(20)11(2)21-16-17-6-7-19(16)3/h6-7,10-14H,4-5,8-9H2,1-3H3,(H,18,20). The summed E-state index contributed by atoms with van der Waals surface area (Å²) >= 11 is 1.52. The highest BCUT2D eigenvalue weighted by atomic mass is 32.2. The average Bonchev–Trinajstić information content (AvgIpc) is 3.16. The number of amides is 1. The van der Waals surface area contributed by atoms with Crippen molar-refractivity contribution in [3.05, 3.63) is 12.4 Å². The SMILES string of the molecule is CC(Sc1nccn1C)C(=O)NC(C)C1CC2CCC1C2. The maximum absolute atomic E-state index is 12.4. The number of thioether (sulfide) groups is 1. The Kier molecular flexibility index (Phi) is 4.29. The summed E-state index contributed by atoms with van der Waals surface area (Å²) in [5.41, 5.74) is 0. The van der Waals surface area contributed by atoms with Crippen LogP contribution in [0.5, 0.6) is 0 Å². The fraction of sp³-hybridized carbons (Fsp3) is 0.750. The van der Waals surface area contributed by atoms with Gasteiger partial charge in [-0.2, -0.15) is 0 Å². The summed E-state index contributed by atoms with van der Waals surface area (Å²) < 4.78 is 1.95. The number of carbonyl (C=O) groups is 1. The highest BCUT2D eigenvalue weighted by Crippen LogP contribution is 2.49. The van der Waals surface area contributed by atoms with Gasteiger partial charge in [0.2, 0.25) is 5.91 Å². The Labute approximate surface area is 131 Å². The van der Waals surface area contributed by atoms with Crippen LogP contribution >= 0.6 is 11.8 Å². The van der Waals surface area contributed by atoms with E-state index in [1.54, 1.807) is 6.20 Å². The van der Waals surface area contributed by atoms with Crippen LogP contribution in [0.1, 0.15) is 39.5 Å². The molecule has 1 aromatic heterocycles. The van der Waals surface area contributed by atoms with E-state index in [4.69, 9.17) is 0 Å². The molecule has 0 aliphatic heterocycles. The number of aromatic nitrogens is 2. The van der Waals surface area contributed by atoms with Crippen molar-refractivity contribution < 1.29 is 4.79 Å². The first-order chi connectivity index (χ1) is 10.0. The molecule has 116 valence electrons. The largest absolute Gasteiger partial charge is 0.352 e. The van der Waals surface area contributed by atoms with Gasteiger partial charge in [0, 0.05) is 25.5 Å². The first-order valence-electron chi connectivity index (χ1n) is 7.99. The van der Waals surface area contributed by atoms with Crippen molar-refractivity contribution in [3.8, 4) is 0 Å². The van der Waals surface area contributed by atoms with Crippen LogP contribution in [0.4, 0.5) is 0 Å². The van der Waals surface area contributed by atoms with Gasteiger partial charge in [0.15, 0.2) is 5.16 Å². The molecular weight excluding hydrogens is 282 g/mol. The Bertz CT molecular complexity index is 515. The minimum absolute atomic E-state index is 0.104. The van der Waals surface area contributed by atoms with Crippen molar-refractivity contribution in [2.45, 2.75) is 56.0 Å². The zero-order chi connectivity index (χ0) is 15.0. The molecule has 5 unspecified atom stereocenters. The van der Waals surface area contributed by atoms with Gasteiger partial charge in [-0.25, -0.2) is 4.98 Å². The number of nitrogens with one attached hydrogen (secondary N) is 1. The molecule has 2 saturated carbocycles. The molecule has 3 rings (SSSR count). The molecule has 0 radical (unpaired) electrons. The molecule has 1 N–H and O–H groups in total. The molecule has 2 aliphatic rings. The van der Waals surface area contributed by atoms with E-state index in [2.05, 4.69) is 17.2 Å². The number of rotatable bonds is 5. The van der Waals surface area contributed by atoms with Crippen molar-refractivity contribution in [2.75, 3.05) is 0 Å². The fourth-order valence-electron chi connectivity index (χ4n) is 4.03. The Morgan fingerprint density at radius 3 is 2.81 bits per heavy atom. The van der Waals surface area contributed by atoms with Crippen LogP contribution in [0, 0.1) is 17.8 Å². The zero-order valence-corrected chi connectivity index (χ0v) is 13.9. The summed E-state index contributed by atoms with van der Waals surface area (Å²) in [5.74, 6) is 2.61. The van der Waals surface area contributed by atoms with Gasteiger partial charge >= 0.3 is 0 Å². The van der Waals surface area contributed by atoms with Crippen molar-refractivity contribution in [3.63, 3.8) is 0 Å². The molecular formula is C16H25N3OS. The highest BCUT2D eigenvalue weighted by Gasteiger charge is 2.42. The molecule has 1 heterocycles. The number of imidazole rings is 1. The minimum atomic E-state index is -0.104. The lowest BCUT2D eigenvalue weighted by molar-refractivity contribution is -0.121. The van der Waals surface area contributed by atoms with Crippen molar-refractivity contribution >= 4 is 17.7 Å². The maximum atomic E-state index is 12.4. The van der Waals surface area contributed by atoms with Gasteiger partial charge < -0.3 is 9.88 Å². The zero-order valence-electron chi connectivity index (χ0n) is 13.1. The van der Waals surface area contributed by atoms with Crippen molar-refractivity contribution in [1.29, 1.82) is 0 Å². The van der Waals surface area contributed by atoms with E-state index >= 15 is 0 Å². The summed E-state index contributed by atoms with van der Waals surface area (Å²) in [6.07, 6.45) is 9.16. The lowest BCUT2D eigenvalue weighted by atomic mass is 9.84. The molecule has 0 aromatic carbocycles. The number of nitrogens with zero attached hydrogens (tertiary/aromatic N) is 2. The van der Waals surface area contributed by atoms with Crippen LogP contribution in [-0.2, 0) is 11.8 Å². The van der Waals surface area contributed by atoms with E-state index < -0.39 is 0 Å². The Morgan fingerprint density at radius 1 is 1.43 bits per heavy atom. The number of hydrogen-bond donors (Lipinski definition) is 1. The van der Waals surface area contributed by atoms with Crippen molar-refractivity contribution in [1.82, 2.24) is 14.9 Å². The minimum Gasteiger partial charge on any atom is -0.352 e. The molecule has 2 aliphatic carbocycles. The van der Waals surface area contributed by atoms with E-state index in [1.807, 2.05) is 24.7 Å². The lowest BCUT2D eigenvalue weighted by Gasteiger charge is -2.29. The van der Waals surface area contributed by atoms with Gasteiger partial charge in [0.05, 0.1) is 5.25 Å². The van der Waals surface area contributed by atoms with E-state index in [-0.39, 0.29) is 11.2 Å². The Hall–Kier alpha value is -0.970. The van der Waals surface area contributed by atoms with Gasteiger partial charge in [0.1, 0.15) is 0 Å². The molecule has 0 saturated heterocycles. The second-order valence-corrected chi connectivity index (χ2v) is 8.02. The first-order valence-corrected chi connectivity index (χ1v) is 8.87. The topological polar surface area (TPSA) is 46.9 Å².